The van der Waals surface area contributed by atoms with Crippen molar-refractivity contribution in [3.05, 3.63) is 82.5 Å². The third kappa shape index (κ3) is 2.77. The smallest absolute Gasteiger partial charge is 0.123 e. The fourth-order valence-electron chi connectivity index (χ4n) is 5.01. The molecule has 148 valence electrons. The minimum absolute atomic E-state index is 0.256. The summed E-state index contributed by atoms with van der Waals surface area (Å²) in [4.78, 5) is 4.62. The van der Waals surface area contributed by atoms with Crippen LogP contribution in [0.5, 0.6) is 0 Å². The fourth-order valence-corrected chi connectivity index (χ4v) is 5.14. The van der Waals surface area contributed by atoms with Gasteiger partial charge < -0.3 is 9.67 Å². The largest absolute Gasteiger partial charge is 0.384 e. The van der Waals surface area contributed by atoms with E-state index >= 15 is 0 Å². The summed E-state index contributed by atoms with van der Waals surface area (Å²) in [6, 6.07) is 14.0. The highest BCUT2D eigenvalue weighted by Gasteiger charge is 2.53. The van der Waals surface area contributed by atoms with Crippen molar-refractivity contribution in [1.82, 2.24) is 9.55 Å². The van der Waals surface area contributed by atoms with Crippen LogP contribution in [0, 0.1) is 11.2 Å². The van der Waals surface area contributed by atoms with E-state index in [-0.39, 0.29) is 5.82 Å². The molecule has 1 fully saturated rings. The van der Waals surface area contributed by atoms with Crippen molar-refractivity contribution in [2.45, 2.75) is 38.3 Å². The van der Waals surface area contributed by atoms with Gasteiger partial charge >= 0.3 is 0 Å². The minimum Gasteiger partial charge on any atom is -0.384 e. The average molecular weight is 409 g/mol. The third-order valence-corrected chi connectivity index (χ3v) is 6.97. The monoisotopic (exact) mass is 408 g/mol. The second-order valence-corrected chi connectivity index (χ2v) is 8.77. The number of rotatable bonds is 2. The lowest BCUT2D eigenvalue weighted by molar-refractivity contribution is -0.0936. The first-order valence-electron chi connectivity index (χ1n) is 9.91. The van der Waals surface area contributed by atoms with Crippen LogP contribution < -0.4 is 0 Å². The van der Waals surface area contributed by atoms with Gasteiger partial charge in [-0.05, 0) is 67.3 Å². The number of hydrogen-bond donors (Lipinski definition) is 1. The molecule has 1 saturated carbocycles. The zero-order valence-electron chi connectivity index (χ0n) is 16.2. The molecule has 5 rings (SSSR count). The predicted molar refractivity (Wildman–Crippen MR) is 113 cm³/mol. The fraction of sp³-hybridized carbons (Fsp3) is 0.292. The molecule has 3 nitrogen and oxygen atoms in total. The van der Waals surface area contributed by atoms with E-state index in [4.69, 9.17) is 11.6 Å². The summed E-state index contributed by atoms with van der Waals surface area (Å²) in [6.07, 6.45) is 6.57. The molecule has 29 heavy (non-hydrogen) atoms. The van der Waals surface area contributed by atoms with Crippen molar-refractivity contribution < 1.29 is 9.50 Å². The van der Waals surface area contributed by atoms with Crippen LogP contribution in [0.3, 0.4) is 0 Å². The lowest BCUT2D eigenvalue weighted by atomic mass is 9.58. The van der Waals surface area contributed by atoms with Gasteiger partial charge in [0.25, 0.3) is 0 Å². The molecule has 1 aliphatic carbocycles. The van der Waals surface area contributed by atoms with E-state index in [0.29, 0.717) is 18.0 Å². The van der Waals surface area contributed by atoms with Crippen molar-refractivity contribution in [3.63, 3.8) is 0 Å². The van der Waals surface area contributed by atoms with Crippen LogP contribution in [0.15, 0.2) is 60.4 Å². The van der Waals surface area contributed by atoms with Gasteiger partial charge in [-0.2, -0.15) is 0 Å². The van der Waals surface area contributed by atoms with Gasteiger partial charge in [0.15, 0.2) is 0 Å². The maximum absolute atomic E-state index is 13.3. The molecule has 0 bridgehead atoms. The number of imidazole rings is 1. The van der Waals surface area contributed by atoms with Crippen LogP contribution in [0.1, 0.15) is 37.4 Å². The number of benzene rings is 2. The summed E-state index contributed by atoms with van der Waals surface area (Å²) in [7, 11) is 0. The van der Waals surface area contributed by atoms with Crippen molar-refractivity contribution in [2.75, 3.05) is 0 Å². The first-order chi connectivity index (χ1) is 13.9. The molecule has 5 heteroatoms. The molecule has 0 radical (unpaired) electrons. The van der Waals surface area contributed by atoms with Crippen molar-refractivity contribution in [2.24, 2.45) is 5.41 Å². The Bertz CT molecular complexity index is 1100. The number of hydrogen-bond acceptors (Lipinski definition) is 2. The molecule has 2 unspecified atom stereocenters. The molecular weight excluding hydrogens is 387 g/mol. The van der Waals surface area contributed by atoms with Crippen LogP contribution in [-0.2, 0) is 12.1 Å². The van der Waals surface area contributed by atoms with Crippen molar-refractivity contribution >= 4 is 17.7 Å². The second-order valence-electron chi connectivity index (χ2n) is 8.34. The average Bonchev–Trinajstić information content (AvgIpc) is 3.10. The topological polar surface area (TPSA) is 38.0 Å². The quantitative estimate of drug-likeness (QED) is 0.580. The Morgan fingerprint density at radius 3 is 2.55 bits per heavy atom. The number of aromatic nitrogens is 2. The summed E-state index contributed by atoms with van der Waals surface area (Å²) in [5.41, 5.74) is 3.48. The molecule has 0 amide bonds. The summed E-state index contributed by atoms with van der Waals surface area (Å²) in [5.74, 6) is -0.256. The SMILES string of the molecule is CC12Cn3cnc(-c4ccc(F)cc4)c3C=C1CCCC2(O)c1ccc(Cl)cc1. The first-order valence-corrected chi connectivity index (χ1v) is 10.3. The summed E-state index contributed by atoms with van der Waals surface area (Å²) >= 11 is 6.08. The predicted octanol–water partition coefficient (Wildman–Crippen LogP) is 5.82. The Balaban J connectivity index is 1.60. The zero-order chi connectivity index (χ0) is 20.2. The van der Waals surface area contributed by atoms with Crippen molar-refractivity contribution in [1.29, 1.82) is 0 Å². The van der Waals surface area contributed by atoms with Gasteiger partial charge in [0, 0.05) is 22.5 Å². The lowest BCUT2D eigenvalue weighted by Gasteiger charge is -2.52. The number of aliphatic hydroxyl groups is 1. The standard InChI is InChI=1S/C24H22ClFN2O/c1-23-14-28-15-27-22(16-4-10-20(26)11-5-16)21(28)13-18(23)3-2-12-24(23,29)17-6-8-19(25)9-7-17/h4-11,13,15,29H,2-3,12,14H2,1H3. The summed E-state index contributed by atoms with van der Waals surface area (Å²) in [6.45, 7) is 2.79. The highest BCUT2D eigenvalue weighted by molar-refractivity contribution is 6.30. The summed E-state index contributed by atoms with van der Waals surface area (Å²) in [5, 5.41) is 12.6. The second kappa shape index (κ2) is 6.54. The summed E-state index contributed by atoms with van der Waals surface area (Å²) < 4.78 is 15.4. The van der Waals surface area contributed by atoms with Crippen LogP contribution in [0.4, 0.5) is 4.39 Å². The maximum Gasteiger partial charge on any atom is 0.123 e. The molecule has 2 heterocycles. The molecule has 3 aromatic rings. The number of halogens is 2. The van der Waals surface area contributed by atoms with Gasteiger partial charge in [-0.3, -0.25) is 0 Å². The van der Waals surface area contributed by atoms with Gasteiger partial charge in [-0.25, -0.2) is 9.37 Å². The van der Waals surface area contributed by atoms with Crippen LogP contribution >= 0.6 is 11.6 Å². The molecule has 0 spiro atoms. The molecule has 2 aromatic carbocycles. The molecule has 2 aliphatic rings. The van der Waals surface area contributed by atoms with Crippen LogP contribution in [-0.4, -0.2) is 14.7 Å². The number of nitrogens with zero attached hydrogens (tertiary/aromatic N) is 2. The lowest BCUT2D eigenvalue weighted by Crippen LogP contribution is -2.51. The normalized spacial score (nSPS) is 25.9. The highest BCUT2D eigenvalue weighted by Crippen LogP contribution is 2.56. The van der Waals surface area contributed by atoms with E-state index in [1.165, 1.54) is 17.7 Å². The van der Waals surface area contributed by atoms with Gasteiger partial charge in [-0.15, -0.1) is 0 Å². The van der Waals surface area contributed by atoms with Gasteiger partial charge in [0.05, 0.1) is 17.7 Å². The molecule has 2 atom stereocenters. The van der Waals surface area contributed by atoms with Crippen LogP contribution in [0.25, 0.3) is 17.3 Å². The van der Waals surface area contributed by atoms with Crippen LogP contribution in [0.2, 0.25) is 5.02 Å². The highest BCUT2D eigenvalue weighted by atomic mass is 35.5. The van der Waals surface area contributed by atoms with E-state index in [2.05, 4.69) is 22.6 Å². The molecule has 1 aliphatic heterocycles. The Kier molecular flexibility index (Phi) is 4.19. The van der Waals surface area contributed by atoms with Gasteiger partial charge in [-0.1, -0.05) is 36.2 Å². The number of fused-ring (bicyclic) bond motifs is 2. The molecular formula is C24H22ClFN2O. The Morgan fingerprint density at radius 1 is 1.10 bits per heavy atom. The van der Waals surface area contributed by atoms with Gasteiger partial charge in [0.1, 0.15) is 11.4 Å². The Morgan fingerprint density at radius 2 is 1.83 bits per heavy atom. The van der Waals surface area contributed by atoms with E-state index < -0.39 is 11.0 Å². The zero-order valence-corrected chi connectivity index (χ0v) is 17.0. The van der Waals surface area contributed by atoms with E-state index in [9.17, 15) is 9.50 Å². The van der Waals surface area contributed by atoms with E-state index in [1.54, 1.807) is 12.1 Å². The van der Waals surface area contributed by atoms with E-state index in [0.717, 1.165) is 35.4 Å². The maximum atomic E-state index is 13.3. The molecule has 0 saturated heterocycles. The van der Waals surface area contributed by atoms with E-state index in [1.807, 2.05) is 30.6 Å². The Hall–Kier alpha value is -2.43. The van der Waals surface area contributed by atoms with Crippen molar-refractivity contribution in [3.8, 4) is 11.3 Å². The first kappa shape index (κ1) is 18.6. The third-order valence-electron chi connectivity index (χ3n) is 6.72. The minimum atomic E-state index is -0.973. The molecule has 1 N–H and O–H groups in total. The van der Waals surface area contributed by atoms with Gasteiger partial charge in [0.2, 0.25) is 0 Å². The Labute approximate surface area is 174 Å². The molecule has 1 aromatic heterocycles.